The lowest BCUT2D eigenvalue weighted by molar-refractivity contribution is -0.272. The molecular weight excluding hydrogens is 646 g/mol. The van der Waals surface area contributed by atoms with Crippen molar-refractivity contribution >= 4 is 46.6 Å². The molecule has 2 saturated heterocycles. The predicted octanol–water partition coefficient (Wildman–Crippen LogP) is 2.96. The van der Waals surface area contributed by atoms with Crippen LogP contribution in [0.3, 0.4) is 0 Å². The van der Waals surface area contributed by atoms with Gasteiger partial charge in [-0.15, -0.1) is 0 Å². The summed E-state index contributed by atoms with van der Waals surface area (Å²) in [6, 6.07) is 6.79. The summed E-state index contributed by atoms with van der Waals surface area (Å²) in [4.78, 5) is 69.0. The molecular formula is C36H49N5O9. The lowest BCUT2D eigenvalue weighted by atomic mass is 9.85. The Morgan fingerprint density at radius 3 is 2.36 bits per heavy atom. The summed E-state index contributed by atoms with van der Waals surface area (Å²) in [5, 5.41) is 7.83. The first-order valence-electron chi connectivity index (χ1n) is 16.9. The third-order valence-electron chi connectivity index (χ3n) is 8.80. The number of hydrogen-bond acceptors (Lipinski definition) is 11. The molecule has 0 bridgehead atoms. The molecule has 2 aliphatic heterocycles. The van der Waals surface area contributed by atoms with Gasteiger partial charge in [-0.1, -0.05) is 44.2 Å². The topological polar surface area (TPSA) is 174 Å². The van der Waals surface area contributed by atoms with E-state index < -0.39 is 65.1 Å². The van der Waals surface area contributed by atoms with Gasteiger partial charge in [-0.3, -0.25) is 29.0 Å². The molecule has 1 aromatic carbocycles. The number of amides is 3. The van der Waals surface area contributed by atoms with Crippen molar-refractivity contribution in [2.24, 2.45) is 11.3 Å². The molecule has 0 spiro atoms. The molecule has 1 aromatic heterocycles. The Morgan fingerprint density at radius 2 is 1.72 bits per heavy atom. The number of rotatable bonds is 11. The van der Waals surface area contributed by atoms with Crippen molar-refractivity contribution in [3.8, 4) is 0 Å². The number of nitrogens with one attached hydrogen (secondary N) is 3. The van der Waals surface area contributed by atoms with Crippen LogP contribution in [0.2, 0.25) is 0 Å². The molecule has 0 radical (unpaired) electrons. The second-order valence-electron chi connectivity index (χ2n) is 13.7. The summed E-state index contributed by atoms with van der Waals surface area (Å²) in [6.45, 7) is 12.1. The number of ether oxygens (including phenoxy) is 4. The smallest absolute Gasteiger partial charge is 0.324 e. The fourth-order valence-corrected chi connectivity index (χ4v) is 5.71. The van der Waals surface area contributed by atoms with Crippen molar-refractivity contribution in [1.29, 1.82) is 0 Å². The average Bonchev–Trinajstić information content (AvgIpc) is 3.08. The predicted molar refractivity (Wildman–Crippen MR) is 184 cm³/mol. The van der Waals surface area contributed by atoms with Crippen LogP contribution in [-0.4, -0.2) is 90.4 Å². The molecule has 2 fully saturated rings. The fraction of sp³-hybridized carbons (Fsp3) is 0.556. The minimum absolute atomic E-state index is 0.0124. The molecule has 3 heterocycles. The van der Waals surface area contributed by atoms with E-state index in [1.165, 1.54) is 19.0 Å². The molecule has 14 heteroatoms. The summed E-state index contributed by atoms with van der Waals surface area (Å²) >= 11 is 0. The lowest BCUT2D eigenvalue weighted by Gasteiger charge is -2.41. The van der Waals surface area contributed by atoms with Gasteiger partial charge >= 0.3 is 11.9 Å². The highest BCUT2D eigenvalue weighted by Crippen LogP contribution is 2.33. The summed E-state index contributed by atoms with van der Waals surface area (Å²) < 4.78 is 22.0. The quantitative estimate of drug-likeness (QED) is 0.295. The number of hydrazine groups is 1. The zero-order valence-corrected chi connectivity index (χ0v) is 30.0. The highest BCUT2D eigenvalue weighted by atomic mass is 16.7. The van der Waals surface area contributed by atoms with Crippen molar-refractivity contribution in [1.82, 2.24) is 26.1 Å². The van der Waals surface area contributed by atoms with Crippen molar-refractivity contribution in [3.05, 3.63) is 47.7 Å². The number of methoxy groups -OCH3 is 1. The Hall–Kier alpha value is -4.40. The summed E-state index contributed by atoms with van der Waals surface area (Å²) in [7, 11) is 1.28. The number of hydrogen-bond donors (Lipinski definition) is 3. The van der Waals surface area contributed by atoms with Crippen molar-refractivity contribution in [2.45, 2.75) is 91.3 Å². The van der Waals surface area contributed by atoms with E-state index in [9.17, 15) is 24.0 Å². The summed E-state index contributed by atoms with van der Waals surface area (Å²) in [5.41, 5.74) is 3.63. The standard InChI is InChI=1S/C36H49N5O9/c1-21(2)30(31(43)37-22(3)32(44)41-17-9-10-28(40-41)33(45)47-8)39-34(46)36(19-48-35(6,7)49-20-36)16-15-25-11-12-26-13-14-27(38-29(26)18-25)23(4)50-24(5)42/h11-16,18,21-23,28,30,40H,9-10,17,19-20H2,1-8H3,(H,37,43)(H,39,46). The maximum Gasteiger partial charge on any atom is 0.324 e. The first-order valence-corrected chi connectivity index (χ1v) is 16.9. The van der Waals surface area contributed by atoms with Crippen LogP contribution >= 0.6 is 0 Å². The zero-order valence-electron chi connectivity index (χ0n) is 30.0. The van der Waals surface area contributed by atoms with E-state index in [0.29, 0.717) is 30.6 Å². The van der Waals surface area contributed by atoms with Crippen LogP contribution < -0.4 is 16.1 Å². The van der Waals surface area contributed by atoms with E-state index in [1.807, 2.05) is 30.3 Å². The molecule has 272 valence electrons. The first-order chi connectivity index (χ1) is 23.5. The molecule has 2 aromatic rings. The number of nitrogens with zero attached hydrogens (tertiary/aromatic N) is 2. The second-order valence-corrected chi connectivity index (χ2v) is 13.7. The molecule has 0 saturated carbocycles. The second kappa shape index (κ2) is 16.1. The van der Waals surface area contributed by atoms with Crippen LogP contribution in [0, 0.1) is 11.3 Å². The van der Waals surface area contributed by atoms with Crippen LogP contribution in [0.5, 0.6) is 0 Å². The van der Waals surface area contributed by atoms with Gasteiger partial charge < -0.3 is 29.6 Å². The number of esters is 2. The summed E-state index contributed by atoms with van der Waals surface area (Å²) in [6.07, 6.45) is 4.09. The van der Waals surface area contributed by atoms with Gasteiger partial charge in [0.15, 0.2) is 5.79 Å². The van der Waals surface area contributed by atoms with Crippen LogP contribution in [-0.2, 0) is 42.9 Å². The number of fused-ring (bicyclic) bond motifs is 1. The van der Waals surface area contributed by atoms with Gasteiger partial charge in [0.1, 0.15) is 29.6 Å². The van der Waals surface area contributed by atoms with Gasteiger partial charge in [-0.05, 0) is 64.2 Å². The fourth-order valence-electron chi connectivity index (χ4n) is 5.71. The lowest BCUT2D eigenvalue weighted by Crippen LogP contribution is -2.62. The third-order valence-corrected chi connectivity index (χ3v) is 8.80. The SMILES string of the molecule is COC(=O)C1CCCN(C(=O)C(C)NC(=O)C(NC(=O)C2(C=Cc3ccc4ccc(C(C)OC(C)=O)nc4c3)COC(C)(C)OC2)C(C)C)N1. The highest BCUT2D eigenvalue weighted by molar-refractivity contribution is 5.94. The number of pyridine rings is 1. The number of carbonyl (C=O) groups is 5. The van der Waals surface area contributed by atoms with Gasteiger partial charge in [0, 0.05) is 18.9 Å². The van der Waals surface area contributed by atoms with Gasteiger partial charge in [0.25, 0.3) is 5.91 Å². The molecule has 3 N–H and O–H groups in total. The van der Waals surface area contributed by atoms with E-state index in [2.05, 4.69) is 21.0 Å². The molecule has 0 aliphatic carbocycles. The van der Waals surface area contributed by atoms with E-state index in [4.69, 9.17) is 18.9 Å². The number of carbonyl (C=O) groups excluding carboxylic acids is 5. The largest absolute Gasteiger partial charge is 0.468 e. The average molecular weight is 696 g/mol. The van der Waals surface area contributed by atoms with Crippen molar-refractivity contribution in [2.75, 3.05) is 26.9 Å². The molecule has 2 aliphatic rings. The van der Waals surface area contributed by atoms with Gasteiger partial charge in [0.05, 0.1) is 31.5 Å². The minimum Gasteiger partial charge on any atom is -0.468 e. The van der Waals surface area contributed by atoms with Crippen molar-refractivity contribution in [3.63, 3.8) is 0 Å². The molecule has 14 nitrogen and oxygen atoms in total. The molecule has 3 amide bonds. The number of aromatic nitrogens is 1. The zero-order chi connectivity index (χ0) is 36.8. The first kappa shape index (κ1) is 38.4. The maximum atomic E-state index is 14.1. The number of benzene rings is 1. The molecule has 50 heavy (non-hydrogen) atoms. The van der Waals surface area contributed by atoms with E-state index in [1.54, 1.807) is 53.7 Å². The van der Waals surface area contributed by atoms with Gasteiger partial charge in [-0.25, -0.2) is 10.4 Å². The molecule has 4 atom stereocenters. The van der Waals surface area contributed by atoms with Gasteiger partial charge in [0.2, 0.25) is 11.8 Å². The monoisotopic (exact) mass is 695 g/mol. The normalized spacial score (nSPS) is 20.5. The van der Waals surface area contributed by atoms with Crippen LogP contribution in [0.4, 0.5) is 0 Å². The van der Waals surface area contributed by atoms with E-state index >= 15 is 0 Å². The highest BCUT2D eigenvalue weighted by Gasteiger charge is 2.45. The van der Waals surface area contributed by atoms with E-state index in [-0.39, 0.29) is 19.1 Å². The van der Waals surface area contributed by atoms with Crippen molar-refractivity contribution < 1.29 is 42.9 Å². The molecule has 4 unspecified atom stereocenters. The Balaban J connectivity index is 1.52. The van der Waals surface area contributed by atoms with Crippen LogP contribution in [0.1, 0.15) is 78.7 Å². The summed E-state index contributed by atoms with van der Waals surface area (Å²) in [5.74, 6) is -3.56. The van der Waals surface area contributed by atoms with E-state index in [0.717, 1.165) is 10.9 Å². The Bertz CT molecular complexity index is 1610. The van der Waals surface area contributed by atoms with Gasteiger partial charge in [-0.2, -0.15) is 0 Å². The minimum atomic E-state index is -1.29. The maximum absolute atomic E-state index is 14.1. The Kier molecular flexibility index (Phi) is 12.4. The Labute approximate surface area is 292 Å². The Morgan fingerprint density at radius 1 is 1.04 bits per heavy atom. The third kappa shape index (κ3) is 9.43. The van der Waals surface area contributed by atoms with Crippen LogP contribution in [0.25, 0.3) is 17.0 Å². The van der Waals surface area contributed by atoms with Crippen LogP contribution in [0.15, 0.2) is 36.4 Å². The molecule has 4 rings (SSSR count).